The molecule has 0 spiro atoms. The van der Waals surface area contributed by atoms with E-state index in [-0.39, 0.29) is 12.5 Å². The van der Waals surface area contributed by atoms with Gasteiger partial charge in [-0.05, 0) is 19.4 Å². The lowest BCUT2D eigenvalue weighted by molar-refractivity contribution is -0.143. The highest BCUT2D eigenvalue weighted by Gasteiger charge is 2.19. The van der Waals surface area contributed by atoms with Gasteiger partial charge < -0.3 is 19.9 Å². The molecule has 0 aliphatic heterocycles. The SMILES string of the molecule is CCCn1cc(N)cc1C(=O)N(C)CC(=O)OCC. The second kappa shape index (κ2) is 6.82. The van der Waals surface area contributed by atoms with Crippen LogP contribution in [0.3, 0.4) is 0 Å². The first kappa shape index (κ1) is 15.1. The molecule has 2 N–H and O–H groups in total. The number of amides is 1. The summed E-state index contributed by atoms with van der Waals surface area (Å²) in [6.07, 6.45) is 2.63. The van der Waals surface area contributed by atoms with E-state index in [0.29, 0.717) is 24.5 Å². The van der Waals surface area contributed by atoms with Crippen molar-refractivity contribution < 1.29 is 14.3 Å². The third kappa shape index (κ3) is 4.01. The third-order valence-corrected chi connectivity index (χ3v) is 2.62. The maximum atomic E-state index is 12.2. The predicted molar refractivity (Wildman–Crippen MR) is 72.7 cm³/mol. The van der Waals surface area contributed by atoms with Crippen molar-refractivity contribution in [1.82, 2.24) is 9.47 Å². The van der Waals surface area contributed by atoms with Crippen molar-refractivity contribution in [3.05, 3.63) is 18.0 Å². The molecule has 1 aromatic heterocycles. The van der Waals surface area contributed by atoms with Crippen LogP contribution in [0.4, 0.5) is 5.69 Å². The van der Waals surface area contributed by atoms with Crippen molar-refractivity contribution in [2.75, 3.05) is 25.9 Å². The number of carbonyl (C=O) groups excluding carboxylic acids is 2. The Labute approximate surface area is 113 Å². The fourth-order valence-electron chi connectivity index (χ4n) is 1.81. The van der Waals surface area contributed by atoms with Gasteiger partial charge in [0.15, 0.2) is 0 Å². The summed E-state index contributed by atoms with van der Waals surface area (Å²) in [5, 5.41) is 0. The lowest BCUT2D eigenvalue weighted by atomic mass is 10.3. The van der Waals surface area contributed by atoms with E-state index in [1.807, 2.05) is 6.92 Å². The Morgan fingerprint density at radius 3 is 2.68 bits per heavy atom. The molecule has 0 unspecified atom stereocenters. The van der Waals surface area contributed by atoms with E-state index in [4.69, 9.17) is 10.5 Å². The minimum atomic E-state index is -0.417. The van der Waals surface area contributed by atoms with Gasteiger partial charge in [-0.25, -0.2) is 0 Å². The van der Waals surface area contributed by atoms with E-state index >= 15 is 0 Å². The zero-order valence-electron chi connectivity index (χ0n) is 11.7. The smallest absolute Gasteiger partial charge is 0.325 e. The van der Waals surface area contributed by atoms with Crippen molar-refractivity contribution in [2.24, 2.45) is 0 Å². The van der Waals surface area contributed by atoms with E-state index < -0.39 is 5.97 Å². The summed E-state index contributed by atoms with van der Waals surface area (Å²) in [6.45, 7) is 4.70. The van der Waals surface area contributed by atoms with Crippen LogP contribution >= 0.6 is 0 Å². The summed E-state index contributed by atoms with van der Waals surface area (Å²) in [5.74, 6) is -0.655. The Bertz CT molecular complexity index is 454. The Morgan fingerprint density at radius 1 is 1.42 bits per heavy atom. The molecule has 0 fully saturated rings. The molecular weight excluding hydrogens is 246 g/mol. The molecule has 19 heavy (non-hydrogen) atoms. The van der Waals surface area contributed by atoms with Crippen molar-refractivity contribution in [2.45, 2.75) is 26.8 Å². The quantitative estimate of drug-likeness (QED) is 0.783. The summed E-state index contributed by atoms with van der Waals surface area (Å²) in [6, 6.07) is 1.62. The molecule has 106 valence electrons. The monoisotopic (exact) mass is 267 g/mol. The number of ether oxygens (including phenoxy) is 1. The molecule has 0 atom stereocenters. The highest BCUT2D eigenvalue weighted by molar-refractivity contribution is 5.95. The molecule has 1 amide bonds. The van der Waals surface area contributed by atoms with Gasteiger partial charge in [0.05, 0.1) is 12.3 Å². The number of anilines is 1. The van der Waals surface area contributed by atoms with Gasteiger partial charge in [0, 0.05) is 19.8 Å². The standard InChI is InChI=1S/C13H21N3O3/c1-4-6-16-8-10(14)7-11(16)13(18)15(3)9-12(17)19-5-2/h7-8H,4-6,9,14H2,1-3H3. The third-order valence-electron chi connectivity index (χ3n) is 2.62. The molecule has 0 saturated heterocycles. The first-order valence-electron chi connectivity index (χ1n) is 6.36. The molecule has 1 rings (SSSR count). The van der Waals surface area contributed by atoms with E-state index in [9.17, 15) is 9.59 Å². The van der Waals surface area contributed by atoms with Crippen LogP contribution in [0.2, 0.25) is 0 Å². The fourth-order valence-corrected chi connectivity index (χ4v) is 1.81. The van der Waals surface area contributed by atoms with Crippen LogP contribution in [0, 0.1) is 0 Å². The number of hydrogen-bond acceptors (Lipinski definition) is 4. The van der Waals surface area contributed by atoms with Crippen LogP contribution < -0.4 is 5.73 Å². The number of aryl methyl sites for hydroxylation is 1. The number of likely N-dealkylation sites (N-methyl/N-ethyl adjacent to an activating group) is 1. The number of esters is 1. The van der Waals surface area contributed by atoms with E-state index in [2.05, 4.69) is 0 Å². The van der Waals surface area contributed by atoms with Gasteiger partial charge in [-0.15, -0.1) is 0 Å². The Hall–Kier alpha value is -1.98. The zero-order valence-corrected chi connectivity index (χ0v) is 11.7. The molecular formula is C13H21N3O3. The topological polar surface area (TPSA) is 77.6 Å². The number of hydrogen-bond donors (Lipinski definition) is 1. The number of nitrogens with zero attached hydrogens (tertiary/aromatic N) is 2. The molecule has 0 radical (unpaired) electrons. The van der Waals surface area contributed by atoms with Gasteiger partial charge in [0.2, 0.25) is 0 Å². The molecule has 6 heteroatoms. The lowest BCUT2D eigenvalue weighted by Crippen LogP contribution is -2.34. The fraction of sp³-hybridized carbons (Fsp3) is 0.538. The predicted octanol–water partition coefficient (Wildman–Crippen LogP) is 1.12. The van der Waals surface area contributed by atoms with Crippen LogP contribution in [0.5, 0.6) is 0 Å². The van der Waals surface area contributed by atoms with Gasteiger partial charge in [-0.1, -0.05) is 6.92 Å². The van der Waals surface area contributed by atoms with Gasteiger partial charge >= 0.3 is 5.97 Å². The highest BCUT2D eigenvalue weighted by atomic mass is 16.5. The summed E-state index contributed by atoms with van der Waals surface area (Å²) < 4.78 is 6.62. The molecule has 1 aromatic rings. The van der Waals surface area contributed by atoms with Crippen molar-refractivity contribution in [3.63, 3.8) is 0 Å². The number of aromatic nitrogens is 1. The maximum absolute atomic E-state index is 12.2. The van der Waals surface area contributed by atoms with Gasteiger partial charge in [-0.2, -0.15) is 0 Å². The molecule has 0 saturated carbocycles. The van der Waals surface area contributed by atoms with E-state index in [1.54, 1.807) is 30.8 Å². The molecule has 6 nitrogen and oxygen atoms in total. The molecule has 1 heterocycles. The summed E-state index contributed by atoms with van der Waals surface area (Å²) in [5.41, 5.74) is 6.75. The average molecular weight is 267 g/mol. The largest absolute Gasteiger partial charge is 0.465 e. The minimum absolute atomic E-state index is 0.0656. The maximum Gasteiger partial charge on any atom is 0.325 e. The number of carbonyl (C=O) groups is 2. The number of nitrogens with two attached hydrogens (primary N) is 1. The lowest BCUT2D eigenvalue weighted by Gasteiger charge is -2.17. The summed E-state index contributed by atoms with van der Waals surface area (Å²) in [7, 11) is 1.57. The first-order valence-corrected chi connectivity index (χ1v) is 6.36. The van der Waals surface area contributed by atoms with Crippen LogP contribution in [0.1, 0.15) is 30.8 Å². The van der Waals surface area contributed by atoms with Crippen molar-refractivity contribution >= 4 is 17.6 Å². The van der Waals surface area contributed by atoms with Crippen molar-refractivity contribution in [1.29, 1.82) is 0 Å². The van der Waals surface area contributed by atoms with Crippen LogP contribution in [-0.4, -0.2) is 41.5 Å². The molecule has 0 bridgehead atoms. The highest BCUT2D eigenvalue weighted by Crippen LogP contribution is 2.13. The van der Waals surface area contributed by atoms with Gasteiger partial charge in [-0.3, -0.25) is 9.59 Å². The number of nitrogen functional groups attached to an aromatic ring is 1. The Balaban J connectivity index is 2.78. The van der Waals surface area contributed by atoms with Gasteiger partial charge in [0.1, 0.15) is 12.2 Å². The summed E-state index contributed by atoms with van der Waals surface area (Å²) in [4.78, 5) is 24.9. The normalized spacial score (nSPS) is 10.3. The van der Waals surface area contributed by atoms with Crippen LogP contribution in [-0.2, 0) is 16.1 Å². The first-order chi connectivity index (χ1) is 8.99. The van der Waals surface area contributed by atoms with Gasteiger partial charge in [0.25, 0.3) is 5.91 Å². The second-order valence-corrected chi connectivity index (χ2v) is 4.32. The van der Waals surface area contributed by atoms with Crippen LogP contribution in [0.25, 0.3) is 0 Å². The minimum Gasteiger partial charge on any atom is -0.465 e. The van der Waals surface area contributed by atoms with Crippen LogP contribution in [0.15, 0.2) is 12.3 Å². The van der Waals surface area contributed by atoms with Crippen molar-refractivity contribution in [3.8, 4) is 0 Å². The second-order valence-electron chi connectivity index (χ2n) is 4.32. The zero-order chi connectivity index (χ0) is 14.4. The average Bonchev–Trinajstić information content (AvgIpc) is 2.70. The van der Waals surface area contributed by atoms with E-state index in [0.717, 1.165) is 6.42 Å². The molecule has 0 aromatic carbocycles. The van der Waals surface area contributed by atoms with E-state index in [1.165, 1.54) is 4.90 Å². The Morgan fingerprint density at radius 2 is 2.11 bits per heavy atom. The molecule has 0 aliphatic rings. The molecule has 0 aliphatic carbocycles. The number of rotatable bonds is 6. The Kier molecular flexibility index (Phi) is 5.41. The summed E-state index contributed by atoms with van der Waals surface area (Å²) >= 11 is 0.